The third-order valence-electron chi connectivity index (χ3n) is 7.57. The Bertz CT molecular complexity index is 1730. The standard InChI is InChI=1S/C36H41N3O6S/c1-26(2)37-36(41)32(22-28-15-8-6-9-16-28)38(24-29-17-13-12-14-27(29)3)35(40)25-39(46(42,43)31-18-10-7-11-19-31)30-20-21-33(44-4)34(23-30)45-5/h6-21,23,26,32H,22,24-25H2,1-5H3,(H,37,41)/t32-/m0/s1. The third kappa shape index (κ3) is 8.25. The van der Waals surface area contributed by atoms with E-state index in [0.717, 1.165) is 21.0 Å². The molecule has 0 aliphatic carbocycles. The summed E-state index contributed by atoms with van der Waals surface area (Å²) in [6, 6.07) is 28.6. The second-order valence-corrected chi connectivity index (χ2v) is 13.0. The minimum absolute atomic E-state index is 0.0152. The number of anilines is 1. The second kappa shape index (κ2) is 15.4. The summed E-state index contributed by atoms with van der Waals surface area (Å²) in [6.07, 6.45) is 0.235. The topological polar surface area (TPSA) is 105 Å². The van der Waals surface area contributed by atoms with E-state index in [0.29, 0.717) is 11.5 Å². The molecule has 46 heavy (non-hydrogen) atoms. The molecule has 0 spiro atoms. The first kappa shape index (κ1) is 34.1. The van der Waals surface area contributed by atoms with E-state index in [1.54, 1.807) is 30.3 Å². The minimum atomic E-state index is -4.24. The number of rotatable bonds is 14. The van der Waals surface area contributed by atoms with Gasteiger partial charge in [-0.2, -0.15) is 0 Å². The summed E-state index contributed by atoms with van der Waals surface area (Å²) < 4.78 is 40.3. The highest BCUT2D eigenvalue weighted by Crippen LogP contribution is 2.34. The fourth-order valence-electron chi connectivity index (χ4n) is 5.13. The third-order valence-corrected chi connectivity index (χ3v) is 9.36. The summed E-state index contributed by atoms with van der Waals surface area (Å²) in [5, 5.41) is 2.97. The van der Waals surface area contributed by atoms with Gasteiger partial charge in [0.25, 0.3) is 10.0 Å². The van der Waals surface area contributed by atoms with Crippen LogP contribution >= 0.6 is 0 Å². The van der Waals surface area contributed by atoms with E-state index in [1.165, 1.54) is 37.3 Å². The smallest absolute Gasteiger partial charge is 0.264 e. The van der Waals surface area contributed by atoms with E-state index >= 15 is 0 Å². The van der Waals surface area contributed by atoms with Gasteiger partial charge in [0.1, 0.15) is 12.6 Å². The number of carbonyl (C=O) groups excluding carboxylic acids is 2. The van der Waals surface area contributed by atoms with Crippen LogP contribution in [0.25, 0.3) is 0 Å². The van der Waals surface area contributed by atoms with E-state index in [2.05, 4.69) is 5.32 Å². The molecule has 0 bridgehead atoms. The molecule has 1 atom stereocenters. The average Bonchev–Trinajstić information content (AvgIpc) is 3.06. The van der Waals surface area contributed by atoms with Crippen LogP contribution in [0.15, 0.2) is 108 Å². The van der Waals surface area contributed by atoms with E-state index < -0.39 is 28.5 Å². The Kier molecular flexibility index (Phi) is 11.4. The lowest BCUT2D eigenvalue weighted by Gasteiger charge is -2.34. The van der Waals surface area contributed by atoms with Crippen LogP contribution in [-0.2, 0) is 32.6 Å². The molecule has 9 nitrogen and oxygen atoms in total. The Morgan fingerprint density at radius 1 is 0.804 bits per heavy atom. The number of methoxy groups -OCH3 is 2. The van der Waals surface area contributed by atoms with Gasteiger partial charge in [0.15, 0.2) is 11.5 Å². The van der Waals surface area contributed by atoms with E-state index in [-0.39, 0.29) is 35.5 Å². The van der Waals surface area contributed by atoms with Gasteiger partial charge in [0.05, 0.1) is 24.8 Å². The molecule has 0 aromatic heterocycles. The Morgan fingerprint density at radius 2 is 1.41 bits per heavy atom. The molecule has 0 aliphatic heterocycles. The van der Waals surface area contributed by atoms with Gasteiger partial charge in [-0.05, 0) is 61.7 Å². The monoisotopic (exact) mass is 643 g/mol. The number of sulfonamides is 1. The summed E-state index contributed by atoms with van der Waals surface area (Å²) in [7, 11) is -1.31. The normalized spacial score (nSPS) is 11.9. The van der Waals surface area contributed by atoms with Gasteiger partial charge in [-0.1, -0.05) is 72.8 Å². The molecule has 1 N–H and O–H groups in total. The van der Waals surface area contributed by atoms with Gasteiger partial charge in [0, 0.05) is 25.1 Å². The van der Waals surface area contributed by atoms with Crippen LogP contribution in [0.4, 0.5) is 5.69 Å². The van der Waals surface area contributed by atoms with Gasteiger partial charge >= 0.3 is 0 Å². The van der Waals surface area contributed by atoms with Crippen molar-refractivity contribution in [2.75, 3.05) is 25.1 Å². The quantitative estimate of drug-likeness (QED) is 0.198. The highest BCUT2D eigenvalue weighted by molar-refractivity contribution is 7.92. The molecule has 4 aromatic carbocycles. The molecule has 242 valence electrons. The number of carbonyl (C=O) groups is 2. The number of aryl methyl sites for hydroxylation is 1. The molecule has 4 aromatic rings. The highest BCUT2D eigenvalue weighted by atomic mass is 32.2. The molecular formula is C36H41N3O6S. The molecule has 0 fully saturated rings. The maximum Gasteiger partial charge on any atom is 0.264 e. The van der Waals surface area contributed by atoms with Crippen molar-refractivity contribution in [1.29, 1.82) is 0 Å². The van der Waals surface area contributed by atoms with Crippen LogP contribution in [0.5, 0.6) is 11.5 Å². The highest BCUT2D eigenvalue weighted by Gasteiger charge is 2.35. The molecule has 4 rings (SSSR count). The van der Waals surface area contributed by atoms with Crippen molar-refractivity contribution in [3.8, 4) is 11.5 Å². The lowest BCUT2D eigenvalue weighted by atomic mass is 10.0. The largest absolute Gasteiger partial charge is 0.493 e. The summed E-state index contributed by atoms with van der Waals surface area (Å²) in [5.41, 5.74) is 2.85. The van der Waals surface area contributed by atoms with E-state index in [9.17, 15) is 18.0 Å². The SMILES string of the molecule is COc1ccc(N(CC(=O)N(Cc2ccccc2C)[C@@H](Cc2ccccc2)C(=O)NC(C)C)S(=O)(=O)c2ccccc2)cc1OC. The lowest BCUT2D eigenvalue weighted by Crippen LogP contribution is -2.54. The van der Waals surface area contributed by atoms with E-state index in [1.807, 2.05) is 75.4 Å². The van der Waals surface area contributed by atoms with Gasteiger partial charge in [-0.25, -0.2) is 8.42 Å². The van der Waals surface area contributed by atoms with Crippen molar-refractivity contribution in [3.05, 3.63) is 120 Å². The first-order valence-electron chi connectivity index (χ1n) is 15.0. The minimum Gasteiger partial charge on any atom is -0.493 e. The van der Waals surface area contributed by atoms with Crippen molar-refractivity contribution in [2.24, 2.45) is 0 Å². The predicted octanol–water partition coefficient (Wildman–Crippen LogP) is 5.37. The second-order valence-electron chi connectivity index (χ2n) is 11.2. The number of amides is 2. The van der Waals surface area contributed by atoms with Gasteiger partial charge in [-0.3, -0.25) is 13.9 Å². The fourth-order valence-corrected chi connectivity index (χ4v) is 6.56. The molecule has 0 aliphatic rings. The Morgan fingerprint density at radius 3 is 2.02 bits per heavy atom. The van der Waals surface area contributed by atoms with Crippen LogP contribution in [0.1, 0.15) is 30.5 Å². The van der Waals surface area contributed by atoms with E-state index in [4.69, 9.17) is 9.47 Å². The lowest BCUT2D eigenvalue weighted by molar-refractivity contribution is -0.140. The zero-order valence-electron chi connectivity index (χ0n) is 26.8. The maximum absolute atomic E-state index is 14.6. The number of hydrogen-bond acceptors (Lipinski definition) is 6. The Balaban J connectivity index is 1.84. The van der Waals surface area contributed by atoms with Crippen molar-refractivity contribution < 1.29 is 27.5 Å². The predicted molar refractivity (Wildman–Crippen MR) is 179 cm³/mol. The molecule has 0 saturated heterocycles. The van der Waals surface area contributed by atoms with Crippen LogP contribution < -0.4 is 19.1 Å². The Labute approximate surface area is 271 Å². The number of ether oxygens (including phenoxy) is 2. The molecule has 0 heterocycles. The van der Waals surface area contributed by atoms with Crippen molar-refractivity contribution in [2.45, 2.75) is 50.7 Å². The van der Waals surface area contributed by atoms with Crippen molar-refractivity contribution in [3.63, 3.8) is 0 Å². The number of nitrogens with one attached hydrogen (secondary N) is 1. The molecule has 0 radical (unpaired) electrons. The van der Waals surface area contributed by atoms with Crippen LogP contribution in [0.3, 0.4) is 0 Å². The summed E-state index contributed by atoms with van der Waals surface area (Å²) >= 11 is 0. The van der Waals surface area contributed by atoms with Crippen molar-refractivity contribution in [1.82, 2.24) is 10.2 Å². The number of benzene rings is 4. The van der Waals surface area contributed by atoms with Gasteiger partial charge < -0.3 is 19.7 Å². The summed E-state index contributed by atoms with van der Waals surface area (Å²) in [4.78, 5) is 29.9. The Hall–Kier alpha value is -4.83. The van der Waals surface area contributed by atoms with Crippen molar-refractivity contribution >= 4 is 27.5 Å². The van der Waals surface area contributed by atoms with Crippen LogP contribution in [0, 0.1) is 6.92 Å². The molecular weight excluding hydrogens is 602 g/mol. The first-order chi connectivity index (χ1) is 22.0. The van der Waals surface area contributed by atoms with Gasteiger partial charge in [-0.15, -0.1) is 0 Å². The molecule has 0 saturated carbocycles. The zero-order valence-corrected chi connectivity index (χ0v) is 27.7. The summed E-state index contributed by atoms with van der Waals surface area (Å²) in [5.74, 6) is -0.165. The molecule has 2 amide bonds. The maximum atomic E-state index is 14.6. The average molecular weight is 644 g/mol. The zero-order chi connectivity index (χ0) is 33.3. The first-order valence-corrected chi connectivity index (χ1v) is 16.5. The number of nitrogens with zero attached hydrogens (tertiary/aromatic N) is 2. The van der Waals surface area contributed by atoms with Gasteiger partial charge in [0.2, 0.25) is 11.8 Å². The summed E-state index contributed by atoms with van der Waals surface area (Å²) in [6.45, 7) is 5.18. The molecule has 0 unspecified atom stereocenters. The fraction of sp³-hybridized carbons (Fsp3) is 0.278. The number of hydrogen-bond donors (Lipinski definition) is 1. The van der Waals surface area contributed by atoms with Crippen LogP contribution in [0.2, 0.25) is 0 Å². The van der Waals surface area contributed by atoms with Crippen LogP contribution in [-0.4, -0.2) is 58.0 Å². The molecule has 10 heteroatoms.